The minimum Gasteiger partial charge on any atom is -0.497 e. The van der Waals surface area contributed by atoms with Crippen LogP contribution in [0.25, 0.3) is 0 Å². The van der Waals surface area contributed by atoms with Crippen LogP contribution in [0.1, 0.15) is 15.9 Å². The molecule has 1 saturated heterocycles. The van der Waals surface area contributed by atoms with Gasteiger partial charge in [-0.15, -0.1) is 0 Å². The molecule has 0 N–H and O–H groups in total. The van der Waals surface area contributed by atoms with E-state index in [9.17, 15) is 18.0 Å². The molecule has 0 bridgehead atoms. The van der Waals surface area contributed by atoms with Gasteiger partial charge in [-0.3, -0.25) is 9.59 Å². The maximum absolute atomic E-state index is 14.3. The Morgan fingerprint density at radius 1 is 0.951 bits per heavy atom. The Morgan fingerprint density at radius 2 is 1.66 bits per heavy atom. The van der Waals surface area contributed by atoms with Crippen molar-refractivity contribution in [2.24, 2.45) is 0 Å². The second-order valence-corrected chi connectivity index (χ2v) is 11.9. The van der Waals surface area contributed by atoms with Gasteiger partial charge in [-0.2, -0.15) is 4.31 Å². The zero-order chi connectivity index (χ0) is 29.1. The van der Waals surface area contributed by atoms with Crippen LogP contribution in [0.15, 0.2) is 71.6 Å². The maximum Gasteiger partial charge on any atom is 0.326 e. The van der Waals surface area contributed by atoms with Crippen molar-refractivity contribution in [1.82, 2.24) is 4.31 Å². The molecule has 10 nitrogen and oxygen atoms in total. The summed E-state index contributed by atoms with van der Waals surface area (Å²) in [5.74, 6) is -0.700. The second kappa shape index (κ2) is 12.1. The Hall–Kier alpha value is -3.64. The molecule has 2 aliphatic heterocycles. The average molecular weight is 600 g/mol. The first-order valence-corrected chi connectivity index (χ1v) is 14.8. The lowest BCUT2D eigenvalue weighted by atomic mass is 10.1. The van der Waals surface area contributed by atoms with Gasteiger partial charge < -0.3 is 24.0 Å². The van der Waals surface area contributed by atoms with Crippen LogP contribution in [-0.4, -0.2) is 77.7 Å². The summed E-state index contributed by atoms with van der Waals surface area (Å²) in [4.78, 5) is 31.0. The van der Waals surface area contributed by atoms with Gasteiger partial charge >= 0.3 is 5.97 Å². The zero-order valence-electron chi connectivity index (χ0n) is 22.7. The number of methoxy groups -OCH3 is 2. The monoisotopic (exact) mass is 599 g/mol. The van der Waals surface area contributed by atoms with Crippen molar-refractivity contribution in [2.75, 3.05) is 56.9 Å². The molecule has 0 radical (unpaired) electrons. The minimum atomic E-state index is -4.22. The summed E-state index contributed by atoms with van der Waals surface area (Å²) in [5, 5.41) is 0.365. The van der Waals surface area contributed by atoms with Gasteiger partial charge in [0.25, 0.3) is 5.91 Å². The van der Waals surface area contributed by atoms with E-state index in [-0.39, 0.29) is 18.0 Å². The van der Waals surface area contributed by atoms with Gasteiger partial charge in [-0.25, -0.2) is 8.42 Å². The molecule has 1 amide bonds. The maximum atomic E-state index is 14.3. The molecule has 3 aromatic carbocycles. The summed E-state index contributed by atoms with van der Waals surface area (Å²) in [5.41, 5.74) is 2.07. The number of rotatable bonds is 6. The van der Waals surface area contributed by atoms with E-state index in [1.807, 2.05) is 12.1 Å². The van der Waals surface area contributed by atoms with E-state index in [2.05, 4.69) is 4.90 Å². The molecule has 12 heteroatoms. The fourth-order valence-corrected chi connectivity index (χ4v) is 6.81. The lowest BCUT2D eigenvalue weighted by Crippen LogP contribution is -2.50. The molecule has 1 unspecified atom stereocenters. The first-order chi connectivity index (χ1) is 19.7. The van der Waals surface area contributed by atoms with Gasteiger partial charge in [0.2, 0.25) is 10.0 Å². The lowest BCUT2D eigenvalue weighted by Gasteiger charge is -2.32. The number of benzene rings is 3. The van der Waals surface area contributed by atoms with Crippen LogP contribution in [0, 0.1) is 0 Å². The number of hydrogen-bond donors (Lipinski definition) is 0. The van der Waals surface area contributed by atoms with Gasteiger partial charge in [0.05, 0.1) is 50.1 Å². The van der Waals surface area contributed by atoms with Crippen molar-refractivity contribution in [3.8, 4) is 5.75 Å². The van der Waals surface area contributed by atoms with Crippen LogP contribution >= 0.6 is 11.6 Å². The van der Waals surface area contributed by atoms with Gasteiger partial charge in [-0.05, 0) is 54.1 Å². The summed E-state index contributed by atoms with van der Waals surface area (Å²) in [6.45, 7) is 1.83. The number of esters is 1. The third-order valence-corrected chi connectivity index (χ3v) is 9.34. The molecule has 216 valence electrons. The minimum absolute atomic E-state index is 0.0276. The number of morpholine rings is 1. The Balaban J connectivity index is 1.61. The van der Waals surface area contributed by atoms with E-state index >= 15 is 0 Å². The van der Waals surface area contributed by atoms with Crippen LogP contribution in [0.4, 0.5) is 11.4 Å². The van der Waals surface area contributed by atoms with E-state index in [1.54, 1.807) is 30.3 Å². The molecule has 1 fully saturated rings. The highest BCUT2D eigenvalue weighted by Crippen LogP contribution is 2.35. The van der Waals surface area contributed by atoms with Crippen LogP contribution < -0.4 is 14.5 Å². The molecule has 0 saturated carbocycles. The number of fused-ring (bicyclic) bond motifs is 1. The molecular weight excluding hydrogens is 570 g/mol. The Kier molecular flexibility index (Phi) is 8.50. The van der Waals surface area contributed by atoms with Crippen molar-refractivity contribution >= 4 is 44.9 Å². The zero-order valence-corrected chi connectivity index (χ0v) is 24.2. The van der Waals surface area contributed by atoms with Crippen molar-refractivity contribution < 1.29 is 32.2 Å². The molecule has 5 rings (SSSR count). The number of carbonyl (C=O) groups excluding carboxylic acids is 2. The van der Waals surface area contributed by atoms with Gasteiger partial charge in [-0.1, -0.05) is 29.8 Å². The highest BCUT2D eigenvalue weighted by atomic mass is 35.5. The molecule has 2 heterocycles. The van der Waals surface area contributed by atoms with Gasteiger partial charge in [0.15, 0.2) is 0 Å². The average Bonchev–Trinajstić information content (AvgIpc) is 3.18. The summed E-state index contributed by atoms with van der Waals surface area (Å²) in [6, 6.07) is 16.7. The van der Waals surface area contributed by atoms with Gasteiger partial charge in [0, 0.05) is 30.3 Å². The molecule has 0 spiro atoms. The number of sulfonamides is 1. The Labute approximate surface area is 244 Å². The normalized spacial score (nSPS) is 17.9. The van der Waals surface area contributed by atoms with Crippen molar-refractivity contribution in [1.29, 1.82) is 0 Å². The molecule has 0 aromatic heterocycles. The number of para-hydroxylation sites is 1. The molecule has 1 atom stereocenters. The first-order valence-electron chi connectivity index (χ1n) is 13.0. The fraction of sp³-hybridized carbons (Fsp3) is 0.310. The summed E-state index contributed by atoms with van der Waals surface area (Å²) in [7, 11) is -1.55. The Bertz CT molecular complexity index is 1540. The number of carbonyl (C=O) groups is 2. The van der Waals surface area contributed by atoms with E-state index in [4.69, 9.17) is 25.8 Å². The SMILES string of the molecule is COC(=O)C1CN(C(=O)c2ccccc2N2CCOCC2)c2cc(Cl)ccc2CN1S(=O)(=O)c1ccc(OC)cc1. The van der Waals surface area contributed by atoms with Crippen LogP contribution in [0.3, 0.4) is 0 Å². The number of hydrogen-bond acceptors (Lipinski definition) is 8. The molecule has 2 aliphatic rings. The largest absolute Gasteiger partial charge is 0.497 e. The fourth-order valence-electron chi connectivity index (χ4n) is 5.10. The first kappa shape index (κ1) is 28.9. The lowest BCUT2D eigenvalue weighted by molar-refractivity contribution is -0.144. The van der Waals surface area contributed by atoms with Crippen LogP contribution in [-0.2, 0) is 30.8 Å². The number of nitrogens with zero attached hydrogens (tertiary/aromatic N) is 3. The smallest absolute Gasteiger partial charge is 0.326 e. The number of anilines is 2. The Morgan fingerprint density at radius 3 is 2.34 bits per heavy atom. The van der Waals surface area contributed by atoms with Crippen LogP contribution in [0.2, 0.25) is 5.02 Å². The van der Waals surface area contributed by atoms with Crippen LogP contribution in [0.5, 0.6) is 5.75 Å². The number of ether oxygens (including phenoxy) is 3. The van der Waals surface area contributed by atoms with Crippen molar-refractivity contribution in [2.45, 2.75) is 17.5 Å². The van der Waals surface area contributed by atoms with E-state index in [0.717, 1.165) is 9.99 Å². The number of amides is 1. The molecule has 3 aromatic rings. The topological polar surface area (TPSA) is 106 Å². The third-order valence-electron chi connectivity index (χ3n) is 7.24. The van der Waals surface area contributed by atoms with Gasteiger partial charge in [0.1, 0.15) is 11.8 Å². The van der Waals surface area contributed by atoms with E-state index in [1.165, 1.54) is 43.4 Å². The highest BCUT2D eigenvalue weighted by Gasteiger charge is 2.42. The van der Waals surface area contributed by atoms with Crippen molar-refractivity contribution in [3.63, 3.8) is 0 Å². The molecule has 41 heavy (non-hydrogen) atoms. The quantitative estimate of drug-likeness (QED) is 0.396. The highest BCUT2D eigenvalue weighted by molar-refractivity contribution is 7.89. The second-order valence-electron chi connectivity index (χ2n) is 9.57. The predicted molar refractivity (Wildman–Crippen MR) is 154 cm³/mol. The van der Waals surface area contributed by atoms with E-state index < -0.39 is 27.9 Å². The summed E-state index contributed by atoms with van der Waals surface area (Å²) in [6.07, 6.45) is 0. The standard InChI is InChI=1S/C29H30ClN3O7S/c1-38-22-9-11-23(12-10-22)41(36,37)33-18-20-7-8-21(30)17-26(20)32(19-27(33)29(35)39-2)28(34)24-5-3-4-6-25(24)31-13-15-40-16-14-31/h3-12,17,27H,13-16,18-19H2,1-2H3. The molecular formula is C29H30ClN3O7S. The van der Waals surface area contributed by atoms with Crippen molar-refractivity contribution in [3.05, 3.63) is 82.9 Å². The summed E-state index contributed by atoms with van der Waals surface area (Å²) < 4.78 is 44.8. The summed E-state index contributed by atoms with van der Waals surface area (Å²) >= 11 is 6.38. The molecule has 0 aliphatic carbocycles. The van der Waals surface area contributed by atoms with E-state index in [0.29, 0.717) is 53.9 Å². The number of halogens is 1. The predicted octanol–water partition coefficient (Wildman–Crippen LogP) is 3.58. The third kappa shape index (κ3) is 5.76.